The highest BCUT2D eigenvalue weighted by molar-refractivity contribution is 5.82. The van der Waals surface area contributed by atoms with Crippen molar-refractivity contribution in [2.24, 2.45) is 17.8 Å². The average molecular weight is 313 g/mol. The lowest BCUT2D eigenvalue weighted by Gasteiger charge is -2.50. The SMILES string of the molecule is CC1CC2CN(CC3COc4cccc5[nH]c(=O)n3c45)CC[C@H]12. The number of H-pyrrole nitrogens is 1. The molecule has 0 amide bonds. The van der Waals surface area contributed by atoms with Gasteiger partial charge < -0.3 is 14.6 Å². The Morgan fingerprint density at radius 2 is 2.30 bits per heavy atom. The van der Waals surface area contributed by atoms with Crippen LogP contribution in [-0.2, 0) is 0 Å². The number of aromatic nitrogens is 2. The fourth-order valence-corrected chi connectivity index (χ4v) is 5.05. The standard InChI is InChI=1S/C18H23N3O2/c1-11-7-12-8-20(6-5-14(11)12)9-13-10-23-16-4-2-3-15-17(16)21(13)18(22)19-15/h2-4,11-14H,5-10H2,1H3,(H,19,22)/t11?,12?,13?,14-/m1/s1. The summed E-state index contributed by atoms with van der Waals surface area (Å²) in [6, 6.07) is 5.94. The first-order valence-corrected chi connectivity index (χ1v) is 8.79. The zero-order valence-corrected chi connectivity index (χ0v) is 13.5. The van der Waals surface area contributed by atoms with E-state index in [0.717, 1.165) is 47.6 Å². The van der Waals surface area contributed by atoms with Crippen LogP contribution in [0, 0.1) is 17.8 Å². The van der Waals surface area contributed by atoms with Crippen LogP contribution in [-0.4, -0.2) is 40.7 Å². The molecule has 1 N–H and O–H groups in total. The van der Waals surface area contributed by atoms with Gasteiger partial charge in [-0.3, -0.25) is 4.57 Å². The van der Waals surface area contributed by atoms with Gasteiger partial charge in [0.15, 0.2) is 0 Å². The summed E-state index contributed by atoms with van der Waals surface area (Å²) in [6.45, 7) is 6.24. The van der Waals surface area contributed by atoms with E-state index in [4.69, 9.17) is 4.74 Å². The van der Waals surface area contributed by atoms with E-state index in [2.05, 4.69) is 16.8 Å². The van der Waals surface area contributed by atoms with Crippen molar-refractivity contribution in [2.75, 3.05) is 26.2 Å². The number of piperidine rings is 1. The van der Waals surface area contributed by atoms with Gasteiger partial charge >= 0.3 is 5.69 Å². The molecule has 1 aromatic carbocycles. The smallest absolute Gasteiger partial charge is 0.326 e. The van der Waals surface area contributed by atoms with Gasteiger partial charge in [0, 0.05) is 13.1 Å². The molecule has 5 heteroatoms. The van der Waals surface area contributed by atoms with Crippen molar-refractivity contribution in [1.29, 1.82) is 0 Å². The summed E-state index contributed by atoms with van der Waals surface area (Å²) in [4.78, 5) is 17.9. The van der Waals surface area contributed by atoms with Crippen molar-refractivity contribution >= 4 is 11.0 Å². The van der Waals surface area contributed by atoms with Crippen molar-refractivity contribution in [3.05, 3.63) is 28.7 Å². The number of ether oxygens (including phenoxy) is 1. The topological polar surface area (TPSA) is 50.3 Å². The van der Waals surface area contributed by atoms with Crippen molar-refractivity contribution < 1.29 is 4.74 Å². The highest BCUT2D eigenvalue weighted by Crippen LogP contribution is 2.45. The third-order valence-corrected chi connectivity index (χ3v) is 6.25. The van der Waals surface area contributed by atoms with Crippen LogP contribution in [0.4, 0.5) is 0 Å². The summed E-state index contributed by atoms with van der Waals surface area (Å²) >= 11 is 0. The fraction of sp³-hybridized carbons (Fsp3) is 0.611. The molecular formula is C18H23N3O2. The van der Waals surface area contributed by atoms with E-state index in [1.165, 1.54) is 19.4 Å². The third-order valence-electron chi connectivity index (χ3n) is 6.25. The first kappa shape index (κ1) is 13.7. The molecule has 3 unspecified atom stereocenters. The minimum absolute atomic E-state index is 0.00657. The maximum Gasteiger partial charge on any atom is 0.326 e. The van der Waals surface area contributed by atoms with Crippen molar-refractivity contribution in [2.45, 2.75) is 25.8 Å². The molecule has 5 rings (SSSR count). The van der Waals surface area contributed by atoms with Gasteiger partial charge in [0.1, 0.15) is 17.9 Å². The third kappa shape index (κ3) is 1.99. The Labute approximate surface area is 135 Å². The molecule has 23 heavy (non-hydrogen) atoms. The van der Waals surface area contributed by atoms with E-state index in [1.54, 1.807) is 0 Å². The predicted octanol–water partition coefficient (Wildman–Crippen LogP) is 2.24. The minimum Gasteiger partial charge on any atom is -0.489 e. The lowest BCUT2D eigenvalue weighted by Crippen LogP contribution is -2.51. The van der Waals surface area contributed by atoms with E-state index in [0.29, 0.717) is 6.61 Å². The van der Waals surface area contributed by atoms with Crippen LogP contribution in [0.25, 0.3) is 11.0 Å². The molecule has 1 saturated carbocycles. The van der Waals surface area contributed by atoms with Crippen LogP contribution >= 0.6 is 0 Å². The van der Waals surface area contributed by atoms with Gasteiger partial charge in [0.2, 0.25) is 0 Å². The number of nitrogens with zero attached hydrogens (tertiary/aromatic N) is 2. The number of likely N-dealkylation sites (tertiary alicyclic amines) is 1. The van der Waals surface area contributed by atoms with Gasteiger partial charge in [0.25, 0.3) is 0 Å². The molecule has 2 fully saturated rings. The lowest BCUT2D eigenvalue weighted by molar-refractivity contribution is -0.0109. The molecule has 0 spiro atoms. The van der Waals surface area contributed by atoms with Crippen LogP contribution in [0.2, 0.25) is 0 Å². The second-order valence-electron chi connectivity index (χ2n) is 7.60. The number of aromatic amines is 1. The van der Waals surface area contributed by atoms with Gasteiger partial charge in [-0.2, -0.15) is 0 Å². The first-order valence-electron chi connectivity index (χ1n) is 8.79. The second kappa shape index (κ2) is 4.87. The van der Waals surface area contributed by atoms with Crippen LogP contribution < -0.4 is 10.4 Å². The molecule has 3 aliphatic rings. The maximum absolute atomic E-state index is 12.4. The Balaban J connectivity index is 1.41. The summed E-state index contributed by atoms with van der Waals surface area (Å²) < 4.78 is 7.86. The molecular weight excluding hydrogens is 290 g/mol. The van der Waals surface area contributed by atoms with Crippen LogP contribution in [0.3, 0.4) is 0 Å². The molecule has 4 atom stereocenters. The predicted molar refractivity (Wildman–Crippen MR) is 88.9 cm³/mol. The molecule has 1 saturated heterocycles. The van der Waals surface area contributed by atoms with Crippen molar-refractivity contribution in [1.82, 2.24) is 14.5 Å². The molecule has 2 aromatic rings. The maximum atomic E-state index is 12.4. The molecule has 2 aliphatic heterocycles. The number of fused-ring (bicyclic) bond motifs is 1. The van der Waals surface area contributed by atoms with E-state index in [9.17, 15) is 4.79 Å². The van der Waals surface area contributed by atoms with Gasteiger partial charge in [-0.1, -0.05) is 13.0 Å². The molecule has 1 aliphatic carbocycles. The number of hydrogen-bond donors (Lipinski definition) is 1. The number of imidazole rings is 1. The van der Waals surface area contributed by atoms with Crippen molar-refractivity contribution in [3.8, 4) is 5.75 Å². The number of para-hydroxylation sites is 1. The highest BCUT2D eigenvalue weighted by Gasteiger charge is 2.42. The number of hydrogen-bond acceptors (Lipinski definition) is 3. The van der Waals surface area contributed by atoms with Crippen LogP contribution in [0.1, 0.15) is 25.8 Å². The molecule has 0 bridgehead atoms. The lowest BCUT2D eigenvalue weighted by atomic mass is 9.62. The monoisotopic (exact) mass is 313 g/mol. The molecule has 1 aromatic heterocycles. The van der Waals surface area contributed by atoms with Gasteiger partial charge in [-0.25, -0.2) is 4.79 Å². The largest absolute Gasteiger partial charge is 0.489 e. The zero-order valence-electron chi connectivity index (χ0n) is 13.5. The summed E-state index contributed by atoms with van der Waals surface area (Å²) in [7, 11) is 0. The van der Waals surface area contributed by atoms with Gasteiger partial charge in [-0.05, 0) is 49.3 Å². The number of nitrogens with one attached hydrogen (secondary N) is 1. The van der Waals surface area contributed by atoms with Gasteiger partial charge in [0.05, 0.1) is 11.6 Å². The van der Waals surface area contributed by atoms with Crippen molar-refractivity contribution in [3.63, 3.8) is 0 Å². The van der Waals surface area contributed by atoms with Crippen LogP contribution in [0.15, 0.2) is 23.0 Å². The Hall–Kier alpha value is -1.75. The zero-order chi connectivity index (χ0) is 15.6. The summed E-state index contributed by atoms with van der Waals surface area (Å²) in [5.74, 6) is 3.55. The molecule has 3 heterocycles. The summed E-state index contributed by atoms with van der Waals surface area (Å²) in [5, 5.41) is 0. The van der Waals surface area contributed by atoms with E-state index < -0.39 is 0 Å². The second-order valence-corrected chi connectivity index (χ2v) is 7.60. The van der Waals surface area contributed by atoms with E-state index >= 15 is 0 Å². The summed E-state index contributed by atoms with van der Waals surface area (Å²) in [6.07, 6.45) is 2.69. The Kier molecular flexibility index (Phi) is 2.89. The number of rotatable bonds is 2. The minimum atomic E-state index is -0.00657. The molecule has 0 radical (unpaired) electrons. The van der Waals surface area contributed by atoms with E-state index in [-0.39, 0.29) is 11.7 Å². The highest BCUT2D eigenvalue weighted by atomic mass is 16.5. The Morgan fingerprint density at radius 1 is 1.39 bits per heavy atom. The Morgan fingerprint density at radius 3 is 3.13 bits per heavy atom. The normalized spacial score (nSPS) is 33.1. The first-order chi connectivity index (χ1) is 11.2. The fourth-order valence-electron chi connectivity index (χ4n) is 5.05. The quantitative estimate of drug-likeness (QED) is 0.925. The number of benzene rings is 1. The average Bonchev–Trinajstić information content (AvgIpc) is 2.87. The van der Waals surface area contributed by atoms with Gasteiger partial charge in [-0.15, -0.1) is 0 Å². The van der Waals surface area contributed by atoms with E-state index in [1.807, 2.05) is 22.8 Å². The van der Waals surface area contributed by atoms with Crippen LogP contribution in [0.5, 0.6) is 5.75 Å². The molecule has 5 nitrogen and oxygen atoms in total. The molecule has 122 valence electrons. The Bertz CT molecular complexity index is 808. The summed E-state index contributed by atoms with van der Waals surface area (Å²) in [5.41, 5.74) is 1.80.